The number of esters is 1. The Morgan fingerprint density at radius 2 is 1.62 bits per heavy atom. The van der Waals surface area contributed by atoms with Gasteiger partial charge < -0.3 is 14.8 Å². The van der Waals surface area contributed by atoms with Crippen LogP contribution in [0.15, 0.2) is 83.9 Å². The maximum Gasteiger partial charge on any atom is 0.341 e. The first kappa shape index (κ1) is 23.2. The first-order valence-electron chi connectivity index (χ1n) is 11.3. The number of hydrogen-bond acceptors (Lipinski definition) is 4. The molecule has 0 radical (unpaired) electrons. The van der Waals surface area contributed by atoms with E-state index in [0.717, 1.165) is 28.0 Å². The minimum absolute atomic E-state index is 0.163. The lowest BCUT2D eigenvalue weighted by Crippen LogP contribution is -2.45. The number of ether oxygens (including phenoxy) is 2. The standard InChI is InChI=1S/C28H28N2O4/c1-19-8-13-22(14-9-19)26-25(27(31)34-18-21-6-4-3-5-7-21)24(29-28(32)30-26)17-12-20-10-15-23(33-2)16-11-20/h3-11,13-16,25-26H,12,17-18H2,1-2H3,(H,30,32). The second-order valence-corrected chi connectivity index (χ2v) is 8.36. The molecule has 3 aromatic carbocycles. The Hall–Kier alpha value is -3.93. The number of carbonyl (C=O) groups is 2. The Kier molecular flexibility index (Phi) is 7.38. The summed E-state index contributed by atoms with van der Waals surface area (Å²) in [5.74, 6) is -0.329. The normalized spacial score (nSPS) is 17.5. The van der Waals surface area contributed by atoms with E-state index in [0.29, 0.717) is 18.6 Å². The summed E-state index contributed by atoms with van der Waals surface area (Å²) in [7, 11) is 1.63. The molecule has 1 aliphatic rings. The van der Waals surface area contributed by atoms with E-state index in [1.807, 2.05) is 85.8 Å². The number of carbonyl (C=O) groups excluding carboxylic acids is 2. The number of rotatable bonds is 8. The summed E-state index contributed by atoms with van der Waals surface area (Å²) in [4.78, 5) is 30.1. The van der Waals surface area contributed by atoms with Crippen LogP contribution in [0.25, 0.3) is 0 Å². The molecule has 0 aromatic heterocycles. The number of aliphatic imine (C=N–C) groups is 1. The van der Waals surface area contributed by atoms with Crippen molar-refractivity contribution in [2.45, 2.75) is 32.4 Å². The van der Waals surface area contributed by atoms with E-state index in [9.17, 15) is 9.59 Å². The van der Waals surface area contributed by atoms with Gasteiger partial charge in [0, 0.05) is 5.71 Å². The first-order chi connectivity index (χ1) is 16.5. The van der Waals surface area contributed by atoms with Crippen LogP contribution < -0.4 is 10.1 Å². The molecule has 0 aliphatic carbocycles. The summed E-state index contributed by atoms with van der Waals surface area (Å²) in [6, 6.07) is 24.1. The van der Waals surface area contributed by atoms with Gasteiger partial charge in [-0.3, -0.25) is 4.79 Å². The fraction of sp³-hybridized carbons (Fsp3) is 0.250. The molecular formula is C28H28N2O4. The van der Waals surface area contributed by atoms with Gasteiger partial charge in [0.1, 0.15) is 18.3 Å². The van der Waals surface area contributed by atoms with Gasteiger partial charge in [-0.05, 0) is 48.6 Å². The fourth-order valence-corrected chi connectivity index (χ4v) is 4.06. The second kappa shape index (κ2) is 10.8. The molecule has 3 aromatic rings. The smallest absolute Gasteiger partial charge is 0.341 e. The highest BCUT2D eigenvalue weighted by Crippen LogP contribution is 2.30. The van der Waals surface area contributed by atoms with Crippen molar-refractivity contribution in [1.82, 2.24) is 5.32 Å². The molecule has 0 saturated heterocycles. The predicted molar refractivity (Wildman–Crippen MR) is 131 cm³/mol. The number of benzene rings is 3. The van der Waals surface area contributed by atoms with Crippen LogP contribution in [0.3, 0.4) is 0 Å². The van der Waals surface area contributed by atoms with Crippen molar-refractivity contribution in [3.8, 4) is 5.75 Å². The minimum atomic E-state index is -0.706. The number of nitrogens with zero attached hydrogens (tertiary/aromatic N) is 1. The van der Waals surface area contributed by atoms with Crippen LogP contribution in [0.5, 0.6) is 5.75 Å². The Labute approximate surface area is 199 Å². The average molecular weight is 457 g/mol. The minimum Gasteiger partial charge on any atom is -0.497 e. The summed E-state index contributed by atoms with van der Waals surface area (Å²) in [6.07, 6.45) is 1.10. The van der Waals surface area contributed by atoms with Gasteiger partial charge in [0.15, 0.2) is 0 Å². The number of methoxy groups -OCH3 is 1. The van der Waals surface area contributed by atoms with E-state index in [4.69, 9.17) is 9.47 Å². The first-order valence-corrected chi connectivity index (χ1v) is 11.3. The molecule has 34 heavy (non-hydrogen) atoms. The third-order valence-corrected chi connectivity index (χ3v) is 5.96. The Morgan fingerprint density at radius 1 is 0.912 bits per heavy atom. The molecule has 4 rings (SSSR count). The molecule has 0 saturated carbocycles. The van der Waals surface area contributed by atoms with Crippen molar-refractivity contribution in [1.29, 1.82) is 0 Å². The summed E-state index contributed by atoms with van der Waals surface area (Å²) >= 11 is 0. The maximum atomic E-state index is 13.4. The van der Waals surface area contributed by atoms with Crippen LogP contribution in [0.2, 0.25) is 0 Å². The lowest BCUT2D eigenvalue weighted by molar-refractivity contribution is -0.148. The third-order valence-electron chi connectivity index (χ3n) is 5.96. The van der Waals surface area contributed by atoms with Crippen LogP contribution in [0.1, 0.15) is 34.7 Å². The van der Waals surface area contributed by atoms with Crippen molar-refractivity contribution in [3.63, 3.8) is 0 Å². The molecule has 1 heterocycles. The summed E-state index contributed by atoms with van der Waals surface area (Å²) < 4.78 is 10.9. The van der Waals surface area contributed by atoms with Gasteiger partial charge in [0.25, 0.3) is 0 Å². The second-order valence-electron chi connectivity index (χ2n) is 8.36. The molecule has 1 aliphatic heterocycles. The van der Waals surface area contributed by atoms with Gasteiger partial charge in [-0.2, -0.15) is 0 Å². The molecule has 6 heteroatoms. The maximum absolute atomic E-state index is 13.4. The molecular weight excluding hydrogens is 428 g/mol. The zero-order valence-electron chi connectivity index (χ0n) is 19.4. The summed E-state index contributed by atoms with van der Waals surface area (Å²) in [6.45, 7) is 2.16. The number of amides is 2. The Bertz CT molecular complexity index is 1160. The molecule has 0 spiro atoms. The van der Waals surface area contributed by atoms with Gasteiger partial charge in [0.2, 0.25) is 0 Å². The summed E-state index contributed by atoms with van der Waals surface area (Å²) in [5, 5.41) is 2.88. The zero-order valence-corrected chi connectivity index (χ0v) is 19.4. The van der Waals surface area contributed by atoms with E-state index >= 15 is 0 Å². The number of aryl methyl sites for hydroxylation is 2. The Morgan fingerprint density at radius 3 is 2.29 bits per heavy atom. The van der Waals surface area contributed by atoms with E-state index in [-0.39, 0.29) is 6.61 Å². The molecule has 2 amide bonds. The molecule has 2 unspecified atom stereocenters. The topological polar surface area (TPSA) is 77.0 Å². The van der Waals surface area contributed by atoms with E-state index in [2.05, 4.69) is 10.3 Å². The molecule has 174 valence electrons. The number of urea groups is 1. The van der Waals surface area contributed by atoms with Crippen LogP contribution in [-0.4, -0.2) is 24.8 Å². The highest BCUT2D eigenvalue weighted by Gasteiger charge is 2.39. The number of hydrogen-bond donors (Lipinski definition) is 1. The molecule has 1 N–H and O–H groups in total. The lowest BCUT2D eigenvalue weighted by Gasteiger charge is -2.31. The van der Waals surface area contributed by atoms with Gasteiger partial charge in [0.05, 0.1) is 13.2 Å². The average Bonchev–Trinajstić information content (AvgIpc) is 2.87. The van der Waals surface area contributed by atoms with Crippen molar-refractivity contribution in [2.75, 3.05) is 7.11 Å². The van der Waals surface area contributed by atoms with Gasteiger partial charge in [-0.25, -0.2) is 9.79 Å². The fourth-order valence-electron chi connectivity index (χ4n) is 4.06. The van der Waals surface area contributed by atoms with E-state index in [1.165, 1.54) is 0 Å². The quantitative estimate of drug-likeness (QED) is 0.473. The van der Waals surface area contributed by atoms with Crippen molar-refractivity contribution in [3.05, 3.63) is 101 Å². The predicted octanol–water partition coefficient (Wildman–Crippen LogP) is 5.20. The van der Waals surface area contributed by atoms with Crippen molar-refractivity contribution in [2.24, 2.45) is 10.9 Å². The van der Waals surface area contributed by atoms with Crippen LogP contribution in [-0.2, 0) is 22.6 Å². The van der Waals surface area contributed by atoms with Crippen LogP contribution in [0.4, 0.5) is 4.79 Å². The van der Waals surface area contributed by atoms with E-state index in [1.54, 1.807) is 7.11 Å². The van der Waals surface area contributed by atoms with Gasteiger partial charge in [-0.1, -0.05) is 72.3 Å². The number of nitrogens with one attached hydrogen (secondary N) is 1. The molecule has 0 bridgehead atoms. The lowest BCUT2D eigenvalue weighted by atomic mass is 9.85. The molecule has 2 atom stereocenters. The monoisotopic (exact) mass is 456 g/mol. The third kappa shape index (κ3) is 5.70. The van der Waals surface area contributed by atoms with E-state index < -0.39 is 24.0 Å². The summed E-state index contributed by atoms with van der Waals surface area (Å²) in [5.41, 5.74) is 4.44. The largest absolute Gasteiger partial charge is 0.497 e. The Balaban J connectivity index is 1.58. The molecule has 0 fully saturated rings. The SMILES string of the molecule is COc1ccc(CCC2=NC(=O)NC(c3ccc(C)cc3)C2C(=O)OCc2ccccc2)cc1. The van der Waals surface area contributed by atoms with Crippen molar-refractivity contribution < 1.29 is 19.1 Å². The van der Waals surface area contributed by atoms with Crippen molar-refractivity contribution >= 4 is 17.7 Å². The van der Waals surface area contributed by atoms with Gasteiger partial charge in [-0.15, -0.1) is 0 Å². The van der Waals surface area contributed by atoms with Crippen LogP contribution >= 0.6 is 0 Å². The molecule has 6 nitrogen and oxygen atoms in total. The zero-order chi connectivity index (χ0) is 23.9. The van der Waals surface area contributed by atoms with Gasteiger partial charge >= 0.3 is 12.0 Å². The highest BCUT2D eigenvalue weighted by molar-refractivity contribution is 6.09. The van der Waals surface area contributed by atoms with Crippen LogP contribution in [0, 0.1) is 12.8 Å². The highest BCUT2D eigenvalue weighted by atomic mass is 16.5.